The summed E-state index contributed by atoms with van der Waals surface area (Å²) in [6.45, 7) is 3.17. The van der Waals surface area contributed by atoms with E-state index >= 15 is 0 Å². The lowest BCUT2D eigenvalue weighted by Gasteiger charge is -2.27. The maximum Gasteiger partial charge on any atom is 0.265 e. The largest absolute Gasteiger partial charge is 0.378 e. The zero-order valence-corrected chi connectivity index (χ0v) is 16.6. The summed E-state index contributed by atoms with van der Waals surface area (Å²) in [7, 11) is 0. The van der Waals surface area contributed by atoms with Gasteiger partial charge in [-0.1, -0.05) is 11.6 Å². The Kier molecular flexibility index (Phi) is 4.61. The normalized spacial score (nSPS) is 21.5. The standard InChI is InChI=1S/C21H19ClFN3O3/c1-11-6-12(4-5-29-11)17-8-19-24-18-10-28-9-15(18)21(27)26(19)20(25-17)14-3-2-13(22)7-16(14)23/h2-3,7-8,11-12H,4-6,9-10H2,1H3. The first-order valence-corrected chi connectivity index (χ1v) is 9.99. The van der Waals surface area contributed by atoms with Crippen LogP contribution in [0.5, 0.6) is 0 Å². The van der Waals surface area contributed by atoms with Crippen molar-refractivity contribution in [3.63, 3.8) is 0 Å². The fourth-order valence-corrected chi connectivity index (χ4v) is 4.26. The van der Waals surface area contributed by atoms with E-state index in [0.717, 1.165) is 18.5 Å². The molecule has 2 aliphatic heterocycles. The molecule has 2 aliphatic rings. The topological polar surface area (TPSA) is 65.7 Å². The third-order valence-corrected chi connectivity index (χ3v) is 5.81. The van der Waals surface area contributed by atoms with Gasteiger partial charge in [-0.2, -0.15) is 0 Å². The fourth-order valence-electron chi connectivity index (χ4n) is 4.10. The minimum atomic E-state index is -0.535. The Morgan fingerprint density at radius 3 is 2.90 bits per heavy atom. The van der Waals surface area contributed by atoms with Crippen LogP contribution in [-0.2, 0) is 22.7 Å². The van der Waals surface area contributed by atoms with Crippen LogP contribution in [0.4, 0.5) is 4.39 Å². The first kappa shape index (κ1) is 18.7. The number of halogens is 2. The number of nitrogens with zero attached hydrogens (tertiary/aromatic N) is 3. The van der Waals surface area contributed by atoms with Crippen LogP contribution in [0.2, 0.25) is 5.02 Å². The Bertz CT molecular complexity index is 1180. The third kappa shape index (κ3) is 3.23. The molecule has 0 amide bonds. The molecule has 3 aromatic rings. The summed E-state index contributed by atoms with van der Waals surface area (Å²) in [5.41, 5.74) is 2.31. The van der Waals surface area contributed by atoms with Crippen LogP contribution in [0, 0.1) is 5.82 Å². The van der Waals surface area contributed by atoms with E-state index in [4.69, 9.17) is 26.1 Å². The van der Waals surface area contributed by atoms with Gasteiger partial charge >= 0.3 is 0 Å². The van der Waals surface area contributed by atoms with Crippen LogP contribution in [0.25, 0.3) is 17.0 Å². The highest BCUT2D eigenvalue weighted by atomic mass is 35.5. The number of benzene rings is 1. The molecular weight excluding hydrogens is 397 g/mol. The Morgan fingerprint density at radius 2 is 2.10 bits per heavy atom. The highest BCUT2D eigenvalue weighted by Gasteiger charge is 2.27. The van der Waals surface area contributed by atoms with Crippen LogP contribution in [-0.4, -0.2) is 27.1 Å². The second-order valence-electron chi connectivity index (χ2n) is 7.56. The smallest absolute Gasteiger partial charge is 0.265 e. The maximum atomic E-state index is 14.8. The zero-order chi connectivity index (χ0) is 20.1. The molecule has 0 saturated carbocycles. The summed E-state index contributed by atoms with van der Waals surface area (Å²) < 4.78 is 27.2. The second kappa shape index (κ2) is 7.16. The second-order valence-corrected chi connectivity index (χ2v) is 8.00. The molecule has 0 bridgehead atoms. The predicted octanol–water partition coefficient (Wildman–Crippen LogP) is 3.86. The average Bonchev–Trinajstić information content (AvgIpc) is 3.16. The van der Waals surface area contributed by atoms with E-state index < -0.39 is 5.82 Å². The van der Waals surface area contributed by atoms with Gasteiger partial charge in [0.1, 0.15) is 11.5 Å². The summed E-state index contributed by atoms with van der Waals surface area (Å²) in [5.74, 6) is -0.148. The molecule has 4 heterocycles. The van der Waals surface area contributed by atoms with E-state index in [2.05, 4.69) is 4.98 Å². The van der Waals surface area contributed by atoms with Crippen molar-refractivity contribution in [1.29, 1.82) is 0 Å². The van der Waals surface area contributed by atoms with Gasteiger partial charge in [-0.05, 0) is 38.0 Å². The summed E-state index contributed by atoms with van der Waals surface area (Å²) in [4.78, 5) is 22.6. The number of hydrogen-bond acceptors (Lipinski definition) is 5. The molecule has 5 rings (SSSR count). The summed E-state index contributed by atoms with van der Waals surface area (Å²) in [5, 5.41) is 0.282. The molecule has 0 spiro atoms. The van der Waals surface area contributed by atoms with Gasteiger partial charge in [0.2, 0.25) is 0 Å². The van der Waals surface area contributed by atoms with E-state index in [9.17, 15) is 9.18 Å². The van der Waals surface area contributed by atoms with Crippen molar-refractivity contribution in [1.82, 2.24) is 14.4 Å². The molecule has 1 saturated heterocycles. The van der Waals surface area contributed by atoms with Crippen molar-refractivity contribution in [2.45, 2.75) is 45.0 Å². The lowest BCUT2D eigenvalue weighted by Crippen LogP contribution is -2.26. The van der Waals surface area contributed by atoms with E-state index in [1.807, 2.05) is 13.0 Å². The third-order valence-electron chi connectivity index (χ3n) is 5.57. The molecular formula is C21H19ClFN3O3. The average molecular weight is 416 g/mol. The SMILES string of the molecule is CC1CC(c2cc3nc4c(c(=O)n3c(-c3ccc(Cl)cc3F)n2)COC4)CCO1. The number of rotatable bonds is 2. The molecule has 6 nitrogen and oxygen atoms in total. The van der Waals surface area contributed by atoms with Gasteiger partial charge in [0.15, 0.2) is 5.82 Å². The predicted molar refractivity (Wildman–Crippen MR) is 106 cm³/mol. The van der Waals surface area contributed by atoms with E-state index in [1.165, 1.54) is 10.5 Å². The maximum absolute atomic E-state index is 14.8. The van der Waals surface area contributed by atoms with E-state index in [0.29, 0.717) is 30.1 Å². The van der Waals surface area contributed by atoms with Gasteiger partial charge in [-0.3, -0.25) is 4.79 Å². The lowest BCUT2D eigenvalue weighted by molar-refractivity contribution is 0.0180. The molecule has 1 fully saturated rings. The van der Waals surface area contributed by atoms with Gasteiger partial charge in [0, 0.05) is 29.3 Å². The minimum Gasteiger partial charge on any atom is -0.378 e. The van der Waals surface area contributed by atoms with Crippen molar-refractivity contribution in [3.8, 4) is 11.4 Å². The number of hydrogen-bond donors (Lipinski definition) is 0. The molecule has 8 heteroatoms. The molecule has 2 aromatic heterocycles. The Morgan fingerprint density at radius 1 is 1.24 bits per heavy atom. The summed E-state index contributed by atoms with van der Waals surface area (Å²) >= 11 is 5.93. The quantitative estimate of drug-likeness (QED) is 0.635. The molecule has 150 valence electrons. The zero-order valence-electron chi connectivity index (χ0n) is 15.8. The van der Waals surface area contributed by atoms with Crippen molar-refractivity contribution >= 4 is 17.2 Å². The summed E-state index contributed by atoms with van der Waals surface area (Å²) in [6, 6.07) is 6.19. The van der Waals surface area contributed by atoms with Crippen molar-refractivity contribution in [2.75, 3.05) is 6.61 Å². The van der Waals surface area contributed by atoms with Crippen LogP contribution in [0.15, 0.2) is 29.1 Å². The van der Waals surface area contributed by atoms with Crippen LogP contribution < -0.4 is 5.56 Å². The van der Waals surface area contributed by atoms with Crippen LogP contribution in [0.3, 0.4) is 0 Å². The lowest BCUT2D eigenvalue weighted by atomic mass is 9.92. The van der Waals surface area contributed by atoms with Gasteiger partial charge in [0.25, 0.3) is 5.56 Å². The van der Waals surface area contributed by atoms with Gasteiger partial charge in [-0.15, -0.1) is 0 Å². The number of ether oxygens (including phenoxy) is 2. The molecule has 2 unspecified atom stereocenters. The van der Waals surface area contributed by atoms with E-state index in [-0.39, 0.29) is 40.6 Å². The van der Waals surface area contributed by atoms with E-state index in [1.54, 1.807) is 12.1 Å². The van der Waals surface area contributed by atoms with Crippen LogP contribution >= 0.6 is 11.6 Å². The fraction of sp³-hybridized carbons (Fsp3) is 0.381. The van der Waals surface area contributed by atoms with Gasteiger partial charge < -0.3 is 9.47 Å². The molecule has 0 aliphatic carbocycles. The van der Waals surface area contributed by atoms with Crippen molar-refractivity contribution < 1.29 is 13.9 Å². The van der Waals surface area contributed by atoms with Gasteiger partial charge in [-0.25, -0.2) is 18.8 Å². The van der Waals surface area contributed by atoms with Crippen molar-refractivity contribution in [3.05, 3.63) is 62.4 Å². The highest BCUT2D eigenvalue weighted by Crippen LogP contribution is 2.32. The number of aromatic nitrogens is 3. The highest BCUT2D eigenvalue weighted by molar-refractivity contribution is 6.30. The minimum absolute atomic E-state index is 0.117. The Hall–Kier alpha value is -2.35. The Balaban J connectivity index is 1.79. The Labute approximate surface area is 171 Å². The first-order chi connectivity index (χ1) is 14.0. The molecule has 29 heavy (non-hydrogen) atoms. The van der Waals surface area contributed by atoms with Gasteiger partial charge in [0.05, 0.1) is 36.1 Å². The summed E-state index contributed by atoms with van der Waals surface area (Å²) in [6.07, 6.45) is 1.74. The molecule has 2 atom stereocenters. The monoisotopic (exact) mass is 415 g/mol. The molecule has 0 N–H and O–H groups in total. The molecule has 1 aromatic carbocycles. The number of fused-ring (bicyclic) bond motifs is 2. The molecule has 0 radical (unpaired) electrons. The first-order valence-electron chi connectivity index (χ1n) is 9.61. The van der Waals surface area contributed by atoms with Crippen molar-refractivity contribution in [2.24, 2.45) is 0 Å². The van der Waals surface area contributed by atoms with Crippen LogP contribution in [0.1, 0.15) is 42.6 Å².